The topological polar surface area (TPSA) is 29.3 Å². The van der Waals surface area contributed by atoms with E-state index in [0.29, 0.717) is 0 Å². The monoisotopic (exact) mass is 286 g/mol. The molecule has 0 aliphatic rings. The van der Waals surface area contributed by atoms with Crippen molar-refractivity contribution in [1.82, 2.24) is 4.90 Å². The SMILES string of the molecule is Cc1ccc(CN(C)C(c2cccc(F)c2)C(C)N)cc1. The highest BCUT2D eigenvalue weighted by Crippen LogP contribution is 2.24. The molecule has 0 aromatic heterocycles. The van der Waals surface area contributed by atoms with Crippen molar-refractivity contribution in [1.29, 1.82) is 0 Å². The molecule has 2 unspecified atom stereocenters. The van der Waals surface area contributed by atoms with Gasteiger partial charge in [0.15, 0.2) is 0 Å². The highest BCUT2D eigenvalue weighted by Gasteiger charge is 2.21. The molecule has 2 nitrogen and oxygen atoms in total. The Balaban J connectivity index is 2.19. The summed E-state index contributed by atoms with van der Waals surface area (Å²) in [5, 5.41) is 0. The van der Waals surface area contributed by atoms with Gasteiger partial charge >= 0.3 is 0 Å². The van der Waals surface area contributed by atoms with E-state index < -0.39 is 0 Å². The van der Waals surface area contributed by atoms with Crippen LogP contribution >= 0.6 is 0 Å². The fourth-order valence-electron chi connectivity index (χ4n) is 2.73. The molecule has 0 fully saturated rings. The molecule has 2 aromatic rings. The van der Waals surface area contributed by atoms with Gasteiger partial charge in [-0.3, -0.25) is 4.90 Å². The Morgan fingerprint density at radius 3 is 2.38 bits per heavy atom. The van der Waals surface area contributed by atoms with Crippen molar-refractivity contribution in [2.24, 2.45) is 5.73 Å². The molecule has 0 radical (unpaired) electrons. The number of rotatable bonds is 5. The number of hydrogen-bond acceptors (Lipinski definition) is 2. The largest absolute Gasteiger partial charge is 0.326 e. The molecule has 0 heterocycles. The molecule has 2 aromatic carbocycles. The molecule has 2 N–H and O–H groups in total. The molecule has 2 rings (SSSR count). The van der Waals surface area contributed by atoms with Gasteiger partial charge < -0.3 is 5.73 Å². The Bertz CT molecular complexity index is 578. The molecular weight excluding hydrogens is 263 g/mol. The van der Waals surface area contributed by atoms with Crippen LogP contribution in [-0.2, 0) is 6.54 Å². The normalized spacial score (nSPS) is 14.2. The fourth-order valence-corrected chi connectivity index (χ4v) is 2.73. The van der Waals surface area contributed by atoms with Crippen molar-refractivity contribution in [2.45, 2.75) is 32.5 Å². The number of halogens is 1. The quantitative estimate of drug-likeness (QED) is 0.909. The Morgan fingerprint density at radius 1 is 1.14 bits per heavy atom. The maximum atomic E-state index is 13.5. The van der Waals surface area contributed by atoms with Crippen LogP contribution in [0.2, 0.25) is 0 Å². The number of benzene rings is 2. The summed E-state index contributed by atoms with van der Waals surface area (Å²) < 4.78 is 13.5. The van der Waals surface area contributed by atoms with E-state index in [1.807, 2.05) is 20.0 Å². The molecule has 0 amide bonds. The lowest BCUT2D eigenvalue weighted by Crippen LogP contribution is -2.37. The van der Waals surface area contributed by atoms with Crippen LogP contribution in [0.3, 0.4) is 0 Å². The third-order valence-electron chi connectivity index (χ3n) is 3.72. The van der Waals surface area contributed by atoms with E-state index in [2.05, 4.69) is 36.1 Å². The van der Waals surface area contributed by atoms with Gasteiger partial charge in [0, 0.05) is 18.6 Å². The first-order valence-corrected chi connectivity index (χ1v) is 7.24. The zero-order valence-electron chi connectivity index (χ0n) is 12.9. The van der Waals surface area contributed by atoms with Crippen LogP contribution in [0.25, 0.3) is 0 Å². The average Bonchev–Trinajstić information content (AvgIpc) is 2.41. The molecule has 2 atom stereocenters. The van der Waals surface area contributed by atoms with Crippen LogP contribution in [0.4, 0.5) is 4.39 Å². The molecule has 0 aliphatic heterocycles. The van der Waals surface area contributed by atoms with Crippen LogP contribution in [-0.4, -0.2) is 18.0 Å². The van der Waals surface area contributed by atoms with Crippen molar-refractivity contribution in [3.05, 3.63) is 71.0 Å². The predicted molar refractivity (Wildman–Crippen MR) is 85.4 cm³/mol. The number of aryl methyl sites for hydroxylation is 1. The average molecular weight is 286 g/mol. The van der Waals surface area contributed by atoms with Gasteiger partial charge in [0.1, 0.15) is 5.82 Å². The van der Waals surface area contributed by atoms with Crippen molar-refractivity contribution in [3.63, 3.8) is 0 Å². The van der Waals surface area contributed by atoms with E-state index >= 15 is 0 Å². The Kier molecular flexibility index (Phi) is 5.10. The summed E-state index contributed by atoms with van der Waals surface area (Å²) in [6, 6.07) is 15.1. The molecule has 0 saturated heterocycles. The Labute approximate surface area is 126 Å². The summed E-state index contributed by atoms with van der Waals surface area (Å²) in [5.74, 6) is -0.220. The van der Waals surface area contributed by atoms with E-state index in [0.717, 1.165) is 12.1 Å². The molecule has 0 bridgehead atoms. The maximum Gasteiger partial charge on any atom is 0.123 e. The van der Waals surface area contributed by atoms with Gasteiger partial charge in [-0.2, -0.15) is 0 Å². The second-order valence-corrected chi connectivity index (χ2v) is 5.76. The molecular formula is C18H23FN2. The molecule has 112 valence electrons. The van der Waals surface area contributed by atoms with Crippen LogP contribution in [0.15, 0.2) is 48.5 Å². The summed E-state index contributed by atoms with van der Waals surface area (Å²) in [5.41, 5.74) is 9.52. The summed E-state index contributed by atoms with van der Waals surface area (Å²) in [6.45, 7) is 4.81. The lowest BCUT2D eigenvalue weighted by molar-refractivity contribution is 0.210. The van der Waals surface area contributed by atoms with Gasteiger partial charge in [-0.15, -0.1) is 0 Å². The van der Waals surface area contributed by atoms with Gasteiger partial charge in [0.05, 0.1) is 0 Å². The van der Waals surface area contributed by atoms with Crippen molar-refractivity contribution in [2.75, 3.05) is 7.05 Å². The Morgan fingerprint density at radius 2 is 1.81 bits per heavy atom. The summed E-state index contributed by atoms with van der Waals surface area (Å²) in [6.07, 6.45) is 0. The van der Waals surface area contributed by atoms with E-state index in [4.69, 9.17) is 5.73 Å². The van der Waals surface area contributed by atoms with Crippen molar-refractivity contribution in [3.8, 4) is 0 Å². The third-order valence-corrected chi connectivity index (χ3v) is 3.72. The van der Waals surface area contributed by atoms with Crippen LogP contribution in [0.5, 0.6) is 0 Å². The zero-order valence-corrected chi connectivity index (χ0v) is 12.9. The number of hydrogen-bond donors (Lipinski definition) is 1. The minimum Gasteiger partial charge on any atom is -0.326 e. The van der Waals surface area contributed by atoms with Gasteiger partial charge in [0.2, 0.25) is 0 Å². The summed E-state index contributed by atoms with van der Waals surface area (Å²) in [7, 11) is 2.03. The second-order valence-electron chi connectivity index (χ2n) is 5.76. The van der Waals surface area contributed by atoms with E-state index in [1.165, 1.54) is 17.2 Å². The minimum absolute atomic E-state index is 0.0120. The molecule has 0 saturated carbocycles. The summed E-state index contributed by atoms with van der Waals surface area (Å²) in [4.78, 5) is 2.17. The standard InChI is InChI=1S/C18H23FN2/c1-13-7-9-15(10-8-13)12-21(3)18(14(2)20)16-5-4-6-17(19)11-16/h4-11,14,18H,12,20H2,1-3H3. The number of nitrogens with two attached hydrogens (primary N) is 1. The van der Waals surface area contributed by atoms with Crippen molar-refractivity contribution < 1.29 is 4.39 Å². The zero-order chi connectivity index (χ0) is 15.4. The smallest absolute Gasteiger partial charge is 0.123 e. The molecule has 0 aliphatic carbocycles. The fraction of sp³-hybridized carbons (Fsp3) is 0.333. The van der Waals surface area contributed by atoms with E-state index in [9.17, 15) is 4.39 Å². The highest BCUT2D eigenvalue weighted by atomic mass is 19.1. The first-order valence-electron chi connectivity index (χ1n) is 7.24. The van der Waals surface area contributed by atoms with Crippen LogP contribution < -0.4 is 5.73 Å². The van der Waals surface area contributed by atoms with Crippen LogP contribution in [0.1, 0.15) is 29.7 Å². The van der Waals surface area contributed by atoms with Crippen molar-refractivity contribution >= 4 is 0 Å². The first-order chi connectivity index (χ1) is 9.97. The van der Waals surface area contributed by atoms with Gasteiger partial charge in [-0.25, -0.2) is 4.39 Å². The number of likely N-dealkylation sites (N-methyl/N-ethyl adjacent to an activating group) is 1. The van der Waals surface area contributed by atoms with Gasteiger partial charge in [-0.1, -0.05) is 42.0 Å². The van der Waals surface area contributed by atoms with E-state index in [1.54, 1.807) is 12.1 Å². The van der Waals surface area contributed by atoms with Crippen LogP contribution in [0, 0.1) is 12.7 Å². The predicted octanol–water partition coefficient (Wildman–Crippen LogP) is 3.65. The Hall–Kier alpha value is -1.71. The lowest BCUT2D eigenvalue weighted by Gasteiger charge is -2.31. The van der Waals surface area contributed by atoms with Gasteiger partial charge in [-0.05, 0) is 44.2 Å². The summed E-state index contributed by atoms with van der Waals surface area (Å²) >= 11 is 0. The first kappa shape index (κ1) is 15.7. The maximum absolute atomic E-state index is 13.5. The third kappa shape index (κ3) is 4.13. The molecule has 21 heavy (non-hydrogen) atoms. The second kappa shape index (κ2) is 6.83. The van der Waals surface area contributed by atoms with Gasteiger partial charge in [0.25, 0.3) is 0 Å². The molecule has 3 heteroatoms. The highest BCUT2D eigenvalue weighted by molar-refractivity contribution is 5.24. The molecule has 0 spiro atoms. The lowest BCUT2D eigenvalue weighted by atomic mass is 9.99. The minimum atomic E-state index is -0.220. The number of nitrogens with zero attached hydrogens (tertiary/aromatic N) is 1. The van der Waals surface area contributed by atoms with E-state index in [-0.39, 0.29) is 17.9 Å².